The van der Waals surface area contributed by atoms with E-state index in [4.69, 9.17) is 0 Å². The summed E-state index contributed by atoms with van der Waals surface area (Å²) >= 11 is 0. The minimum absolute atomic E-state index is 0. The number of hydrogen-bond donors (Lipinski definition) is 1. The first kappa shape index (κ1) is 16.7. The van der Waals surface area contributed by atoms with Gasteiger partial charge in [-0.3, -0.25) is 4.79 Å². The first-order valence-corrected chi connectivity index (χ1v) is 6.07. The largest absolute Gasteiger partial charge is 1.00 e. The van der Waals surface area contributed by atoms with Crippen molar-refractivity contribution in [3.05, 3.63) is 29.8 Å². The number of phenols is 1. The second kappa shape index (κ2) is 9.69. The van der Waals surface area contributed by atoms with E-state index < -0.39 is 0 Å². The first-order valence-electron chi connectivity index (χ1n) is 6.07. The number of carbonyl (C=O) groups is 1. The average Bonchev–Trinajstić information content (AvgIpc) is 2.29. The average molecular weight is 243 g/mol. The molecular weight excluding hydrogens is 223 g/mol. The summed E-state index contributed by atoms with van der Waals surface area (Å²) in [5.41, 5.74) is 0.456. The van der Waals surface area contributed by atoms with Gasteiger partial charge in [0.25, 0.3) is 0 Å². The second-order valence-electron chi connectivity index (χ2n) is 4.10. The summed E-state index contributed by atoms with van der Waals surface area (Å²) in [4.78, 5) is 11.7. The molecule has 0 aliphatic heterocycles. The van der Waals surface area contributed by atoms with E-state index in [0.29, 0.717) is 12.0 Å². The van der Waals surface area contributed by atoms with Gasteiger partial charge in [-0.25, -0.2) is 0 Å². The van der Waals surface area contributed by atoms with Crippen molar-refractivity contribution in [1.29, 1.82) is 0 Å². The SMILES string of the molecule is CCCCCCCC(=O)c1ccccc1O.[Na+]. The molecule has 0 saturated carbocycles. The summed E-state index contributed by atoms with van der Waals surface area (Å²) in [7, 11) is 0. The van der Waals surface area contributed by atoms with E-state index in [0.717, 1.165) is 12.8 Å². The molecule has 1 aromatic rings. The number of unbranched alkanes of at least 4 members (excludes halogenated alkanes) is 4. The van der Waals surface area contributed by atoms with Crippen molar-refractivity contribution in [2.75, 3.05) is 0 Å². The first-order chi connectivity index (χ1) is 7.75. The monoisotopic (exact) mass is 243 g/mol. The van der Waals surface area contributed by atoms with Gasteiger partial charge in [-0.2, -0.15) is 0 Å². The maximum absolute atomic E-state index is 11.7. The Morgan fingerprint density at radius 3 is 2.41 bits per heavy atom. The summed E-state index contributed by atoms with van der Waals surface area (Å²) in [5.74, 6) is 0.149. The number of aromatic hydroxyl groups is 1. The van der Waals surface area contributed by atoms with Crippen LogP contribution < -0.4 is 29.6 Å². The van der Waals surface area contributed by atoms with Crippen molar-refractivity contribution in [3.63, 3.8) is 0 Å². The van der Waals surface area contributed by atoms with Crippen molar-refractivity contribution in [2.45, 2.75) is 45.4 Å². The van der Waals surface area contributed by atoms with Crippen LogP contribution in [0.2, 0.25) is 0 Å². The van der Waals surface area contributed by atoms with Gasteiger partial charge in [-0.15, -0.1) is 0 Å². The Morgan fingerprint density at radius 1 is 1.12 bits per heavy atom. The van der Waals surface area contributed by atoms with E-state index in [1.807, 2.05) is 0 Å². The number of carbonyl (C=O) groups excluding carboxylic acids is 1. The minimum atomic E-state index is 0. The van der Waals surface area contributed by atoms with Gasteiger partial charge in [-0.1, -0.05) is 44.7 Å². The van der Waals surface area contributed by atoms with Crippen LogP contribution in [0.1, 0.15) is 55.8 Å². The Bertz CT molecular complexity index is 337. The van der Waals surface area contributed by atoms with Crippen molar-refractivity contribution < 1.29 is 39.5 Å². The molecule has 1 rings (SSSR count). The third-order valence-corrected chi connectivity index (χ3v) is 2.71. The molecule has 0 atom stereocenters. The van der Waals surface area contributed by atoms with Gasteiger partial charge in [0.15, 0.2) is 5.78 Å². The minimum Gasteiger partial charge on any atom is -0.507 e. The van der Waals surface area contributed by atoms with Gasteiger partial charge in [0.1, 0.15) is 5.75 Å². The molecule has 0 aliphatic rings. The molecule has 2 nitrogen and oxygen atoms in total. The maximum Gasteiger partial charge on any atom is 1.00 e. The van der Waals surface area contributed by atoms with E-state index in [1.54, 1.807) is 24.3 Å². The Kier molecular flexibility index (Phi) is 9.52. The van der Waals surface area contributed by atoms with Crippen LogP contribution in [0.15, 0.2) is 24.3 Å². The van der Waals surface area contributed by atoms with E-state index in [2.05, 4.69) is 6.92 Å². The van der Waals surface area contributed by atoms with Crippen LogP contribution >= 0.6 is 0 Å². The summed E-state index contributed by atoms with van der Waals surface area (Å²) < 4.78 is 0. The van der Waals surface area contributed by atoms with E-state index in [-0.39, 0.29) is 41.1 Å². The molecule has 0 radical (unpaired) electrons. The molecule has 0 heterocycles. The fourth-order valence-corrected chi connectivity index (χ4v) is 1.73. The number of rotatable bonds is 7. The van der Waals surface area contributed by atoms with Crippen molar-refractivity contribution >= 4 is 5.78 Å². The van der Waals surface area contributed by atoms with Crippen LogP contribution in [0.5, 0.6) is 5.75 Å². The van der Waals surface area contributed by atoms with Gasteiger partial charge in [0.2, 0.25) is 0 Å². The molecule has 0 aliphatic carbocycles. The number of ketones is 1. The second-order valence-corrected chi connectivity index (χ2v) is 4.10. The Balaban J connectivity index is 0.00000256. The fraction of sp³-hybridized carbons (Fsp3) is 0.500. The van der Waals surface area contributed by atoms with E-state index in [1.165, 1.54) is 19.3 Å². The summed E-state index contributed by atoms with van der Waals surface area (Å²) in [6, 6.07) is 6.76. The zero-order valence-corrected chi connectivity index (χ0v) is 12.9. The van der Waals surface area contributed by atoms with Gasteiger partial charge in [-0.05, 0) is 18.6 Å². The molecule has 1 aromatic carbocycles. The summed E-state index contributed by atoms with van der Waals surface area (Å²) in [6.07, 6.45) is 6.23. The van der Waals surface area contributed by atoms with Crippen molar-refractivity contribution in [1.82, 2.24) is 0 Å². The molecule has 0 fully saturated rings. The normalized spacial score (nSPS) is 9.71. The molecule has 0 saturated heterocycles. The Labute approximate surface area is 126 Å². The number of hydrogen-bond acceptors (Lipinski definition) is 2. The van der Waals surface area contributed by atoms with Crippen molar-refractivity contribution in [2.24, 2.45) is 0 Å². The van der Waals surface area contributed by atoms with Crippen LogP contribution in [-0.4, -0.2) is 10.9 Å². The maximum atomic E-state index is 11.7. The number of phenolic OH excluding ortho intramolecular Hbond substituents is 1. The molecule has 1 N–H and O–H groups in total. The van der Waals surface area contributed by atoms with Gasteiger partial charge < -0.3 is 5.11 Å². The Morgan fingerprint density at radius 2 is 1.76 bits per heavy atom. The Hall–Kier alpha value is -0.310. The number of benzene rings is 1. The zero-order chi connectivity index (χ0) is 11.8. The van der Waals surface area contributed by atoms with Crippen LogP contribution in [-0.2, 0) is 0 Å². The van der Waals surface area contributed by atoms with Crippen LogP contribution in [0, 0.1) is 0 Å². The molecule has 0 bridgehead atoms. The summed E-state index contributed by atoms with van der Waals surface area (Å²) in [5, 5.41) is 9.50. The topological polar surface area (TPSA) is 37.3 Å². The van der Waals surface area contributed by atoms with Gasteiger partial charge in [0, 0.05) is 6.42 Å². The predicted octanol–water partition coefficient (Wildman–Crippen LogP) is 0.939. The molecule has 0 aromatic heterocycles. The van der Waals surface area contributed by atoms with Crippen molar-refractivity contribution in [3.8, 4) is 5.75 Å². The predicted molar refractivity (Wildman–Crippen MR) is 65.8 cm³/mol. The summed E-state index contributed by atoms with van der Waals surface area (Å²) in [6.45, 7) is 2.17. The quantitative estimate of drug-likeness (QED) is 0.439. The molecule has 0 amide bonds. The molecule has 17 heavy (non-hydrogen) atoms. The number of Topliss-reactive ketones (excluding diaryl/α,β-unsaturated/α-hetero) is 1. The molecule has 0 spiro atoms. The third kappa shape index (κ3) is 6.25. The third-order valence-electron chi connectivity index (χ3n) is 2.71. The molecular formula is C14H20NaO2+. The smallest absolute Gasteiger partial charge is 0.507 e. The van der Waals surface area contributed by atoms with Crippen LogP contribution in [0.3, 0.4) is 0 Å². The molecule has 3 heteroatoms. The van der Waals surface area contributed by atoms with Crippen LogP contribution in [0.4, 0.5) is 0 Å². The fourth-order valence-electron chi connectivity index (χ4n) is 1.73. The van der Waals surface area contributed by atoms with E-state index in [9.17, 15) is 9.90 Å². The van der Waals surface area contributed by atoms with Gasteiger partial charge >= 0.3 is 29.6 Å². The van der Waals surface area contributed by atoms with Crippen LogP contribution in [0.25, 0.3) is 0 Å². The molecule has 0 unspecified atom stereocenters. The zero-order valence-electron chi connectivity index (χ0n) is 10.9. The van der Waals surface area contributed by atoms with E-state index >= 15 is 0 Å². The standard InChI is InChI=1S/C14H20O2.Na/c1-2-3-4-5-6-10-13(15)12-9-7-8-11-14(12)16;/h7-9,11,16H,2-6,10H2,1H3;/q;+1. The number of para-hydroxylation sites is 1. The van der Waals surface area contributed by atoms with Gasteiger partial charge in [0.05, 0.1) is 5.56 Å². The molecule has 88 valence electrons.